The number of carbonyl (C=O) groups is 2. The van der Waals surface area contributed by atoms with Crippen LogP contribution in [0.3, 0.4) is 0 Å². The van der Waals surface area contributed by atoms with Crippen LogP contribution >= 0.6 is 0 Å². The minimum absolute atomic E-state index is 0.0231. The predicted molar refractivity (Wildman–Crippen MR) is 61.9 cm³/mol. The molecule has 0 saturated heterocycles. The van der Waals surface area contributed by atoms with Gasteiger partial charge in [0.2, 0.25) is 11.8 Å². The maximum atomic E-state index is 11.3. The normalized spacial score (nSPS) is 16.6. The van der Waals surface area contributed by atoms with Gasteiger partial charge in [-0.1, -0.05) is 0 Å². The maximum Gasteiger partial charge on any atom is 0.236 e. The second kappa shape index (κ2) is 6.48. The van der Waals surface area contributed by atoms with Gasteiger partial charge in [0.25, 0.3) is 0 Å². The van der Waals surface area contributed by atoms with Crippen LogP contribution in [0.2, 0.25) is 0 Å². The molecule has 0 aromatic carbocycles. The summed E-state index contributed by atoms with van der Waals surface area (Å²) in [6, 6.07) is 0.242. The molecule has 1 aliphatic carbocycles. The van der Waals surface area contributed by atoms with E-state index < -0.39 is 0 Å². The first kappa shape index (κ1) is 13.0. The van der Waals surface area contributed by atoms with Crippen LogP contribution in [0, 0.1) is 0 Å². The van der Waals surface area contributed by atoms with Crippen molar-refractivity contribution in [1.29, 1.82) is 0 Å². The third kappa shape index (κ3) is 5.11. The Labute approximate surface area is 96.4 Å². The zero-order valence-corrected chi connectivity index (χ0v) is 10.0. The van der Waals surface area contributed by atoms with Gasteiger partial charge in [0.1, 0.15) is 0 Å². The molecule has 1 unspecified atom stereocenters. The molecule has 1 aliphatic rings. The lowest BCUT2D eigenvalue weighted by Crippen LogP contribution is -2.40. The molecule has 0 bridgehead atoms. The van der Waals surface area contributed by atoms with E-state index in [0.29, 0.717) is 25.4 Å². The molecule has 16 heavy (non-hydrogen) atoms. The molecule has 1 rings (SSSR count). The molecule has 1 fully saturated rings. The van der Waals surface area contributed by atoms with Crippen molar-refractivity contribution in [3.05, 3.63) is 0 Å². The zero-order chi connectivity index (χ0) is 12.0. The van der Waals surface area contributed by atoms with Crippen molar-refractivity contribution in [1.82, 2.24) is 16.0 Å². The molecule has 3 N–H and O–H groups in total. The lowest BCUT2D eigenvalue weighted by atomic mass is 10.2. The van der Waals surface area contributed by atoms with Crippen LogP contribution < -0.4 is 16.0 Å². The van der Waals surface area contributed by atoms with E-state index in [1.165, 1.54) is 0 Å². The molecule has 0 aliphatic heterocycles. The summed E-state index contributed by atoms with van der Waals surface area (Å²) in [7, 11) is 1.74. The molecule has 0 spiro atoms. The number of hydrogen-bond donors (Lipinski definition) is 3. The fourth-order valence-corrected chi connectivity index (χ4v) is 1.27. The van der Waals surface area contributed by atoms with Crippen LogP contribution in [0.5, 0.6) is 0 Å². The van der Waals surface area contributed by atoms with Crippen molar-refractivity contribution in [2.45, 2.75) is 44.7 Å². The standard InChI is InChI=1S/C11H21N3O2/c1-8(12-2)11(16)13-7-3-4-10(15)14-9-5-6-9/h8-9,12H,3-7H2,1-2H3,(H,13,16)(H,14,15). The van der Waals surface area contributed by atoms with Crippen molar-refractivity contribution in [3.8, 4) is 0 Å². The topological polar surface area (TPSA) is 70.2 Å². The van der Waals surface area contributed by atoms with Gasteiger partial charge in [0.15, 0.2) is 0 Å². The van der Waals surface area contributed by atoms with Gasteiger partial charge >= 0.3 is 0 Å². The third-order valence-corrected chi connectivity index (χ3v) is 2.65. The molecule has 5 nitrogen and oxygen atoms in total. The Hall–Kier alpha value is -1.10. The Morgan fingerprint density at radius 3 is 2.62 bits per heavy atom. The van der Waals surface area contributed by atoms with Crippen molar-refractivity contribution >= 4 is 11.8 Å². The highest BCUT2D eigenvalue weighted by Crippen LogP contribution is 2.18. The Kier molecular flexibility index (Phi) is 5.25. The van der Waals surface area contributed by atoms with Crippen molar-refractivity contribution in [3.63, 3.8) is 0 Å². The minimum atomic E-state index is -0.180. The van der Waals surface area contributed by atoms with Gasteiger partial charge in [-0.05, 0) is 33.2 Å². The van der Waals surface area contributed by atoms with E-state index >= 15 is 0 Å². The first-order valence-electron chi connectivity index (χ1n) is 5.88. The van der Waals surface area contributed by atoms with Crippen LogP contribution in [0.25, 0.3) is 0 Å². The number of amides is 2. The van der Waals surface area contributed by atoms with Crippen LogP contribution in [0.15, 0.2) is 0 Å². The van der Waals surface area contributed by atoms with E-state index in [9.17, 15) is 9.59 Å². The second-order valence-corrected chi connectivity index (χ2v) is 4.25. The van der Waals surface area contributed by atoms with E-state index in [4.69, 9.17) is 0 Å². The Morgan fingerprint density at radius 2 is 2.06 bits per heavy atom. The monoisotopic (exact) mass is 227 g/mol. The molecule has 0 heterocycles. The summed E-state index contributed by atoms with van der Waals surface area (Å²) >= 11 is 0. The second-order valence-electron chi connectivity index (χ2n) is 4.25. The smallest absolute Gasteiger partial charge is 0.236 e. The summed E-state index contributed by atoms with van der Waals surface area (Å²) in [6.07, 6.45) is 3.41. The quantitative estimate of drug-likeness (QED) is 0.526. The average molecular weight is 227 g/mol. The van der Waals surface area contributed by atoms with Gasteiger partial charge in [0, 0.05) is 19.0 Å². The van der Waals surface area contributed by atoms with Crippen molar-refractivity contribution < 1.29 is 9.59 Å². The van der Waals surface area contributed by atoms with Crippen LogP contribution in [-0.4, -0.2) is 37.5 Å². The van der Waals surface area contributed by atoms with Gasteiger partial charge in [-0.2, -0.15) is 0 Å². The average Bonchev–Trinajstić information content (AvgIpc) is 3.06. The molecular weight excluding hydrogens is 206 g/mol. The van der Waals surface area contributed by atoms with E-state index in [2.05, 4.69) is 16.0 Å². The fourth-order valence-electron chi connectivity index (χ4n) is 1.27. The predicted octanol–water partition coefficient (Wildman–Crippen LogP) is -0.231. The highest BCUT2D eigenvalue weighted by Gasteiger charge is 2.22. The van der Waals surface area contributed by atoms with Gasteiger partial charge < -0.3 is 16.0 Å². The van der Waals surface area contributed by atoms with Crippen LogP contribution in [0.4, 0.5) is 0 Å². The Balaban J connectivity index is 1.97. The molecular formula is C11H21N3O2. The van der Waals surface area contributed by atoms with Gasteiger partial charge in [-0.15, -0.1) is 0 Å². The van der Waals surface area contributed by atoms with Crippen molar-refractivity contribution in [2.75, 3.05) is 13.6 Å². The SMILES string of the molecule is CNC(C)C(=O)NCCCC(=O)NC1CC1. The maximum absolute atomic E-state index is 11.3. The summed E-state index contributed by atoms with van der Waals surface area (Å²) in [6.45, 7) is 2.36. The number of rotatable bonds is 7. The summed E-state index contributed by atoms with van der Waals surface area (Å²) in [4.78, 5) is 22.6. The number of likely N-dealkylation sites (N-methyl/N-ethyl adjacent to an activating group) is 1. The summed E-state index contributed by atoms with van der Waals surface area (Å²) in [5, 5.41) is 8.55. The first-order valence-corrected chi connectivity index (χ1v) is 5.88. The van der Waals surface area contributed by atoms with Crippen molar-refractivity contribution in [2.24, 2.45) is 0 Å². The molecule has 0 aromatic rings. The number of hydrogen-bond acceptors (Lipinski definition) is 3. The summed E-state index contributed by atoms with van der Waals surface area (Å²) < 4.78 is 0. The molecule has 92 valence electrons. The molecule has 0 radical (unpaired) electrons. The fraction of sp³-hybridized carbons (Fsp3) is 0.818. The van der Waals surface area contributed by atoms with E-state index in [1.54, 1.807) is 14.0 Å². The van der Waals surface area contributed by atoms with Gasteiger partial charge in [0.05, 0.1) is 6.04 Å². The summed E-state index contributed by atoms with van der Waals surface area (Å²) in [5.74, 6) is 0.0727. The van der Waals surface area contributed by atoms with E-state index in [-0.39, 0.29) is 17.9 Å². The Bertz CT molecular complexity index is 252. The highest BCUT2D eigenvalue weighted by molar-refractivity contribution is 5.81. The number of carbonyl (C=O) groups excluding carboxylic acids is 2. The third-order valence-electron chi connectivity index (χ3n) is 2.65. The van der Waals surface area contributed by atoms with Crippen LogP contribution in [-0.2, 0) is 9.59 Å². The molecule has 2 amide bonds. The summed E-state index contributed by atoms with van der Waals surface area (Å²) in [5.41, 5.74) is 0. The molecule has 1 atom stereocenters. The molecule has 0 aromatic heterocycles. The Morgan fingerprint density at radius 1 is 1.38 bits per heavy atom. The zero-order valence-electron chi connectivity index (χ0n) is 10.0. The lowest BCUT2D eigenvalue weighted by molar-refractivity contribution is -0.123. The van der Waals surface area contributed by atoms with E-state index in [0.717, 1.165) is 12.8 Å². The lowest BCUT2D eigenvalue weighted by Gasteiger charge is -2.10. The van der Waals surface area contributed by atoms with Crippen LogP contribution in [0.1, 0.15) is 32.6 Å². The molecule has 5 heteroatoms. The largest absolute Gasteiger partial charge is 0.355 e. The van der Waals surface area contributed by atoms with Gasteiger partial charge in [-0.25, -0.2) is 0 Å². The number of nitrogens with one attached hydrogen (secondary N) is 3. The van der Waals surface area contributed by atoms with Gasteiger partial charge in [-0.3, -0.25) is 9.59 Å². The first-order chi connectivity index (χ1) is 7.63. The van der Waals surface area contributed by atoms with E-state index in [1.807, 2.05) is 0 Å². The highest BCUT2D eigenvalue weighted by atomic mass is 16.2. The molecule has 1 saturated carbocycles. The minimum Gasteiger partial charge on any atom is -0.355 e.